The second-order valence-electron chi connectivity index (χ2n) is 4.15. The molecule has 0 saturated carbocycles. The van der Waals surface area contributed by atoms with Gasteiger partial charge in [0.1, 0.15) is 0 Å². The van der Waals surface area contributed by atoms with Crippen LogP contribution < -0.4 is 5.73 Å². The number of aromatic nitrogens is 2. The summed E-state index contributed by atoms with van der Waals surface area (Å²) >= 11 is 0. The summed E-state index contributed by atoms with van der Waals surface area (Å²) in [4.78, 5) is 21.9. The van der Waals surface area contributed by atoms with Crippen molar-refractivity contribution >= 4 is 11.9 Å². The first kappa shape index (κ1) is 10.8. The van der Waals surface area contributed by atoms with Gasteiger partial charge in [-0.1, -0.05) is 0 Å². The average molecular weight is 244 g/mol. The van der Waals surface area contributed by atoms with Gasteiger partial charge in [-0.25, -0.2) is 9.97 Å². The minimum Gasteiger partial charge on any atom is -0.459 e. The fraction of sp³-hybridized carbons (Fsp3) is 0.250. The minimum absolute atomic E-state index is 0.122. The number of amides is 1. The average Bonchev–Trinajstić information content (AvgIpc) is 2.90. The van der Waals surface area contributed by atoms with Crippen molar-refractivity contribution in [2.75, 3.05) is 12.3 Å². The van der Waals surface area contributed by atoms with Crippen LogP contribution in [-0.4, -0.2) is 27.3 Å². The molecule has 0 unspecified atom stereocenters. The van der Waals surface area contributed by atoms with Gasteiger partial charge in [-0.05, 0) is 24.1 Å². The van der Waals surface area contributed by atoms with Gasteiger partial charge < -0.3 is 15.1 Å². The van der Waals surface area contributed by atoms with Crippen LogP contribution >= 0.6 is 0 Å². The first-order valence-electron chi connectivity index (χ1n) is 5.67. The third kappa shape index (κ3) is 1.81. The molecule has 0 atom stereocenters. The molecule has 1 amide bonds. The summed E-state index contributed by atoms with van der Waals surface area (Å²) in [6.45, 7) is 1.08. The highest BCUT2D eigenvalue weighted by molar-refractivity contribution is 5.91. The van der Waals surface area contributed by atoms with E-state index in [-0.39, 0.29) is 11.9 Å². The van der Waals surface area contributed by atoms with Crippen molar-refractivity contribution < 1.29 is 9.21 Å². The molecule has 6 heteroatoms. The molecular weight excluding hydrogens is 232 g/mol. The number of rotatable bonds is 1. The summed E-state index contributed by atoms with van der Waals surface area (Å²) < 4.78 is 5.11. The zero-order valence-corrected chi connectivity index (χ0v) is 9.67. The Labute approximate surface area is 103 Å². The van der Waals surface area contributed by atoms with Crippen LogP contribution in [0.4, 0.5) is 5.95 Å². The maximum Gasteiger partial charge on any atom is 0.289 e. The monoisotopic (exact) mass is 244 g/mol. The summed E-state index contributed by atoms with van der Waals surface area (Å²) in [5.74, 6) is 0.462. The number of hydrogen-bond acceptors (Lipinski definition) is 5. The zero-order chi connectivity index (χ0) is 12.5. The normalized spacial score (nSPS) is 14.3. The van der Waals surface area contributed by atoms with E-state index >= 15 is 0 Å². The number of carbonyl (C=O) groups excluding carboxylic acids is 1. The highest BCUT2D eigenvalue weighted by atomic mass is 16.3. The van der Waals surface area contributed by atoms with Crippen molar-refractivity contribution in [1.29, 1.82) is 0 Å². The highest BCUT2D eigenvalue weighted by Crippen LogP contribution is 2.19. The van der Waals surface area contributed by atoms with E-state index in [0.29, 0.717) is 18.8 Å². The van der Waals surface area contributed by atoms with E-state index in [1.807, 2.05) is 0 Å². The third-order valence-electron chi connectivity index (χ3n) is 2.98. The largest absolute Gasteiger partial charge is 0.459 e. The van der Waals surface area contributed by atoms with Crippen LogP contribution in [0, 0.1) is 0 Å². The quantitative estimate of drug-likeness (QED) is 0.803. The Kier molecular flexibility index (Phi) is 2.47. The molecule has 92 valence electrons. The highest BCUT2D eigenvalue weighted by Gasteiger charge is 2.24. The van der Waals surface area contributed by atoms with Crippen molar-refractivity contribution in [3.63, 3.8) is 0 Å². The smallest absolute Gasteiger partial charge is 0.289 e. The number of nitrogens with zero attached hydrogens (tertiary/aromatic N) is 3. The summed E-state index contributed by atoms with van der Waals surface area (Å²) in [7, 11) is 0. The van der Waals surface area contributed by atoms with Gasteiger partial charge in [-0.2, -0.15) is 0 Å². The van der Waals surface area contributed by atoms with Crippen molar-refractivity contribution in [3.8, 4) is 0 Å². The fourth-order valence-electron chi connectivity index (χ4n) is 2.05. The molecule has 2 aromatic heterocycles. The molecule has 2 aromatic rings. The molecule has 0 spiro atoms. The lowest BCUT2D eigenvalue weighted by atomic mass is 10.1. The van der Waals surface area contributed by atoms with Crippen LogP contribution in [0.15, 0.2) is 29.0 Å². The Balaban J connectivity index is 1.84. The van der Waals surface area contributed by atoms with Crippen LogP contribution in [0.2, 0.25) is 0 Å². The summed E-state index contributed by atoms with van der Waals surface area (Å²) in [5.41, 5.74) is 7.42. The van der Waals surface area contributed by atoms with Crippen LogP contribution in [0.1, 0.15) is 21.8 Å². The van der Waals surface area contributed by atoms with Crippen molar-refractivity contribution in [2.24, 2.45) is 0 Å². The van der Waals surface area contributed by atoms with Gasteiger partial charge in [0.25, 0.3) is 5.91 Å². The van der Waals surface area contributed by atoms with Gasteiger partial charge in [0.15, 0.2) is 5.76 Å². The Bertz CT molecular complexity index is 580. The summed E-state index contributed by atoms with van der Waals surface area (Å²) in [6, 6.07) is 3.36. The fourth-order valence-corrected chi connectivity index (χ4v) is 2.05. The second kappa shape index (κ2) is 4.14. The van der Waals surface area contributed by atoms with Gasteiger partial charge in [0.05, 0.1) is 18.5 Å². The standard InChI is InChI=1S/C12H12N4O2/c13-12-14-6-8-3-4-16(7-9(8)15-12)11(17)10-2-1-5-18-10/h1-2,5-6H,3-4,7H2,(H2,13,14,15). The second-order valence-corrected chi connectivity index (χ2v) is 4.15. The Morgan fingerprint density at radius 2 is 2.39 bits per heavy atom. The molecule has 0 aliphatic carbocycles. The lowest BCUT2D eigenvalue weighted by molar-refractivity contribution is 0.0699. The SMILES string of the molecule is Nc1ncc2c(n1)CN(C(=O)c1ccco1)CC2. The third-order valence-corrected chi connectivity index (χ3v) is 2.98. The molecule has 0 bridgehead atoms. The molecule has 18 heavy (non-hydrogen) atoms. The summed E-state index contributed by atoms with van der Waals surface area (Å²) in [6.07, 6.45) is 3.96. The number of furan rings is 1. The lowest BCUT2D eigenvalue weighted by Gasteiger charge is -2.27. The molecular formula is C12H12N4O2. The lowest BCUT2D eigenvalue weighted by Crippen LogP contribution is -2.36. The summed E-state index contributed by atoms with van der Waals surface area (Å²) in [5, 5.41) is 0. The van der Waals surface area contributed by atoms with Crippen LogP contribution in [-0.2, 0) is 13.0 Å². The van der Waals surface area contributed by atoms with Crippen LogP contribution in [0.25, 0.3) is 0 Å². The topological polar surface area (TPSA) is 85.2 Å². The van der Waals surface area contributed by atoms with Gasteiger partial charge in [-0.15, -0.1) is 0 Å². The van der Waals surface area contributed by atoms with E-state index in [9.17, 15) is 4.79 Å². The molecule has 3 rings (SSSR count). The minimum atomic E-state index is -0.122. The Morgan fingerprint density at radius 3 is 3.17 bits per heavy atom. The molecule has 0 aromatic carbocycles. The van der Waals surface area contributed by atoms with Crippen LogP contribution in [0.5, 0.6) is 0 Å². The molecule has 0 radical (unpaired) electrons. The molecule has 3 heterocycles. The first-order chi connectivity index (χ1) is 8.74. The zero-order valence-electron chi connectivity index (χ0n) is 9.67. The van der Waals surface area contributed by atoms with Crippen molar-refractivity contribution in [2.45, 2.75) is 13.0 Å². The van der Waals surface area contributed by atoms with Crippen molar-refractivity contribution in [3.05, 3.63) is 41.6 Å². The van der Waals surface area contributed by atoms with E-state index in [0.717, 1.165) is 17.7 Å². The number of carbonyl (C=O) groups is 1. The molecule has 1 aliphatic rings. The van der Waals surface area contributed by atoms with E-state index < -0.39 is 0 Å². The number of anilines is 1. The van der Waals surface area contributed by atoms with E-state index in [4.69, 9.17) is 10.2 Å². The number of hydrogen-bond donors (Lipinski definition) is 1. The predicted octanol–water partition coefficient (Wildman–Crippen LogP) is 0.850. The first-order valence-corrected chi connectivity index (χ1v) is 5.67. The Hall–Kier alpha value is -2.37. The molecule has 0 fully saturated rings. The van der Waals surface area contributed by atoms with Gasteiger partial charge in [0.2, 0.25) is 5.95 Å². The Morgan fingerprint density at radius 1 is 1.50 bits per heavy atom. The maximum atomic E-state index is 12.1. The van der Waals surface area contributed by atoms with E-state index in [1.165, 1.54) is 6.26 Å². The molecule has 6 nitrogen and oxygen atoms in total. The number of nitrogens with two attached hydrogens (primary N) is 1. The van der Waals surface area contributed by atoms with Crippen LogP contribution in [0.3, 0.4) is 0 Å². The molecule has 1 aliphatic heterocycles. The number of fused-ring (bicyclic) bond motifs is 1. The molecule has 2 N–H and O–H groups in total. The van der Waals surface area contributed by atoms with Crippen molar-refractivity contribution in [1.82, 2.24) is 14.9 Å². The maximum absolute atomic E-state index is 12.1. The predicted molar refractivity (Wildman–Crippen MR) is 63.6 cm³/mol. The molecule has 0 saturated heterocycles. The number of nitrogen functional groups attached to an aromatic ring is 1. The van der Waals surface area contributed by atoms with Gasteiger partial charge in [0, 0.05) is 12.7 Å². The van der Waals surface area contributed by atoms with E-state index in [1.54, 1.807) is 23.2 Å². The van der Waals surface area contributed by atoms with Gasteiger partial charge >= 0.3 is 0 Å². The van der Waals surface area contributed by atoms with Gasteiger partial charge in [-0.3, -0.25) is 4.79 Å². The van der Waals surface area contributed by atoms with E-state index in [2.05, 4.69) is 9.97 Å².